The fourth-order valence-corrected chi connectivity index (χ4v) is 1.92. The van der Waals surface area contributed by atoms with Gasteiger partial charge in [-0.1, -0.05) is 6.07 Å². The predicted molar refractivity (Wildman–Crippen MR) is 73.7 cm³/mol. The molecule has 0 radical (unpaired) electrons. The van der Waals surface area contributed by atoms with E-state index in [1.807, 2.05) is 0 Å². The lowest BCUT2D eigenvalue weighted by Crippen LogP contribution is -2.01. The summed E-state index contributed by atoms with van der Waals surface area (Å²) in [6.07, 6.45) is 0. The van der Waals surface area contributed by atoms with E-state index >= 15 is 0 Å². The Morgan fingerprint density at radius 1 is 1.05 bits per heavy atom. The summed E-state index contributed by atoms with van der Waals surface area (Å²) in [6.45, 7) is 1.66. The van der Waals surface area contributed by atoms with Gasteiger partial charge in [0.05, 0.1) is 11.4 Å². The summed E-state index contributed by atoms with van der Waals surface area (Å²) < 4.78 is 28.6. The van der Waals surface area contributed by atoms with Crippen LogP contribution >= 0.6 is 0 Å². The van der Waals surface area contributed by atoms with E-state index in [1.54, 1.807) is 25.1 Å². The van der Waals surface area contributed by atoms with Gasteiger partial charge < -0.3 is 5.73 Å². The Labute approximate surface area is 119 Å². The lowest BCUT2D eigenvalue weighted by Gasteiger charge is -2.06. The number of hydrogen-bond acceptors (Lipinski definition) is 4. The van der Waals surface area contributed by atoms with Crippen LogP contribution in [0.4, 0.5) is 14.5 Å². The third-order valence-electron chi connectivity index (χ3n) is 3.13. The van der Waals surface area contributed by atoms with Crippen molar-refractivity contribution >= 4 is 5.69 Å². The molecule has 3 aromatic rings. The molecule has 0 spiro atoms. The molecule has 21 heavy (non-hydrogen) atoms. The molecule has 0 atom stereocenters. The van der Waals surface area contributed by atoms with Crippen LogP contribution in [0.25, 0.3) is 17.1 Å². The zero-order chi connectivity index (χ0) is 15.0. The Kier molecular flexibility index (Phi) is 3.09. The first-order valence-electron chi connectivity index (χ1n) is 6.16. The minimum atomic E-state index is -0.558. The molecule has 0 aliphatic rings. The Balaban J connectivity index is 2.12. The van der Waals surface area contributed by atoms with Crippen molar-refractivity contribution < 1.29 is 8.78 Å². The van der Waals surface area contributed by atoms with Crippen molar-refractivity contribution in [2.24, 2.45) is 0 Å². The van der Waals surface area contributed by atoms with Gasteiger partial charge in [0.2, 0.25) is 0 Å². The maximum absolute atomic E-state index is 13.7. The van der Waals surface area contributed by atoms with Gasteiger partial charge >= 0.3 is 0 Å². The zero-order valence-electron chi connectivity index (χ0n) is 11.1. The number of tetrazole rings is 1. The molecular weight excluding hydrogens is 276 g/mol. The number of nitrogens with two attached hydrogens (primary N) is 1. The van der Waals surface area contributed by atoms with Crippen LogP contribution in [-0.2, 0) is 0 Å². The minimum Gasteiger partial charge on any atom is -0.396 e. The number of rotatable bonds is 2. The normalized spacial score (nSPS) is 10.8. The molecular formula is C14H11F2N5. The van der Waals surface area contributed by atoms with Crippen LogP contribution in [-0.4, -0.2) is 20.2 Å². The second-order valence-corrected chi connectivity index (χ2v) is 4.58. The summed E-state index contributed by atoms with van der Waals surface area (Å²) in [6, 6.07) is 8.90. The average molecular weight is 287 g/mol. The standard InChI is InChI=1S/C14H11F2N5/c1-8-2-4-10(7-11(8)15)21-14(18-19-20-21)9-3-5-13(17)12(16)6-9/h2-7H,17H2,1H3. The van der Waals surface area contributed by atoms with Gasteiger partial charge in [-0.25, -0.2) is 8.78 Å². The third kappa shape index (κ3) is 2.33. The monoisotopic (exact) mass is 287 g/mol. The number of anilines is 1. The molecule has 1 heterocycles. The highest BCUT2D eigenvalue weighted by Crippen LogP contribution is 2.23. The SMILES string of the molecule is Cc1ccc(-n2nnnc2-c2ccc(N)c(F)c2)cc1F. The van der Waals surface area contributed by atoms with E-state index in [-0.39, 0.29) is 11.5 Å². The highest BCUT2D eigenvalue weighted by atomic mass is 19.1. The van der Waals surface area contributed by atoms with Crippen molar-refractivity contribution in [3.8, 4) is 17.1 Å². The number of aryl methyl sites for hydroxylation is 1. The molecule has 7 heteroatoms. The number of nitrogens with zero attached hydrogens (tertiary/aromatic N) is 4. The van der Waals surface area contributed by atoms with E-state index < -0.39 is 5.82 Å². The molecule has 0 saturated carbocycles. The maximum Gasteiger partial charge on any atom is 0.187 e. The van der Waals surface area contributed by atoms with Crippen LogP contribution in [0.1, 0.15) is 5.56 Å². The van der Waals surface area contributed by atoms with Gasteiger partial charge in [0.25, 0.3) is 0 Å². The Morgan fingerprint density at radius 3 is 2.57 bits per heavy atom. The lowest BCUT2D eigenvalue weighted by molar-refractivity contribution is 0.615. The number of aromatic nitrogens is 4. The molecule has 0 fully saturated rings. The van der Waals surface area contributed by atoms with E-state index in [9.17, 15) is 8.78 Å². The van der Waals surface area contributed by atoms with Gasteiger partial charge in [-0.15, -0.1) is 5.10 Å². The summed E-state index contributed by atoms with van der Waals surface area (Å²) in [4.78, 5) is 0. The van der Waals surface area contributed by atoms with Crippen molar-refractivity contribution in [2.75, 3.05) is 5.73 Å². The molecule has 0 amide bonds. The van der Waals surface area contributed by atoms with Crippen LogP contribution in [0.15, 0.2) is 36.4 Å². The Hall–Kier alpha value is -2.83. The summed E-state index contributed by atoms with van der Waals surface area (Å²) in [7, 11) is 0. The highest BCUT2D eigenvalue weighted by molar-refractivity contribution is 5.61. The molecule has 0 bridgehead atoms. The summed E-state index contributed by atoms with van der Waals surface area (Å²) in [5.41, 5.74) is 6.91. The topological polar surface area (TPSA) is 69.6 Å². The molecule has 5 nitrogen and oxygen atoms in total. The van der Waals surface area contributed by atoms with Gasteiger partial charge in [0.1, 0.15) is 11.6 Å². The number of nitrogen functional groups attached to an aromatic ring is 1. The van der Waals surface area contributed by atoms with E-state index in [2.05, 4.69) is 15.5 Å². The van der Waals surface area contributed by atoms with E-state index in [0.29, 0.717) is 22.6 Å². The molecule has 0 aliphatic heterocycles. The van der Waals surface area contributed by atoms with Crippen LogP contribution < -0.4 is 5.73 Å². The molecule has 0 aliphatic carbocycles. The number of halogens is 2. The summed E-state index contributed by atoms with van der Waals surface area (Å²) >= 11 is 0. The van der Waals surface area contributed by atoms with Crippen molar-refractivity contribution in [1.82, 2.24) is 20.2 Å². The van der Waals surface area contributed by atoms with Crippen molar-refractivity contribution in [3.05, 3.63) is 53.6 Å². The number of hydrogen-bond donors (Lipinski definition) is 1. The molecule has 0 saturated heterocycles. The smallest absolute Gasteiger partial charge is 0.187 e. The maximum atomic E-state index is 13.7. The minimum absolute atomic E-state index is 0.0409. The molecule has 0 unspecified atom stereocenters. The first kappa shape index (κ1) is 13.2. The first-order chi connectivity index (χ1) is 10.1. The highest BCUT2D eigenvalue weighted by Gasteiger charge is 2.13. The van der Waals surface area contributed by atoms with Crippen LogP contribution in [0.3, 0.4) is 0 Å². The molecule has 2 N–H and O–H groups in total. The Bertz CT molecular complexity index is 747. The number of benzene rings is 2. The zero-order valence-corrected chi connectivity index (χ0v) is 11.1. The van der Waals surface area contributed by atoms with Gasteiger partial charge in [-0.05, 0) is 53.2 Å². The van der Waals surface area contributed by atoms with Crippen molar-refractivity contribution in [2.45, 2.75) is 6.92 Å². The fraction of sp³-hybridized carbons (Fsp3) is 0.0714. The van der Waals surface area contributed by atoms with Gasteiger partial charge in [-0.2, -0.15) is 4.68 Å². The Morgan fingerprint density at radius 2 is 1.86 bits per heavy atom. The van der Waals surface area contributed by atoms with Crippen LogP contribution in [0, 0.1) is 18.6 Å². The van der Waals surface area contributed by atoms with Crippen LogP contribution in [0.5, 0.6) is 0 Å². The van der Waals surface area contributed by atoms with Gasteiger partial charge in [-0.3, -0.25) is 0 Å². The second kappa shape index (κ2) is 4.93. The quantitative estimate of drug-likeness (QED) is 0.735. The molecule has 1 aromatic heterocycles. The van der Waals surface area contributed by atoms with Crippen LogP contribution in [0.2, 0.25) is 0 Å². The van der Waals surface area contributed by atoms with E-state index in [1.165, 1.54) is 22.9 Å². The van der Waals surface area contributed by atoms with E-state index in [0.717, 1.165) is 0 Å². The van der Waals surface area contributed by atoms with Crippen molar-refractivity contribution in [1.29, 1.82) is 0 Å². The fourth-order valence-electron chi connectivity index (χ4n) is 1.92. The average Bonchev–Trinajstić information content (AvgIpc) is 2.94. The molecule has 106 valence electrons. The molecule has 3 rings (SSSR count). The largest absolute Gasteiger partial charge is 0.396 e. The predicted octanol–water partition coefficient (Wildman–Crippen LogP) is 2.50. The van der Waals surface area contributed by atoms with Crippen molar-refractivity contribution in [3.63, 3.8) is 0 Å². The summed E-state index contributed by atoms with van der Waals surface area (Å²) in [5, 5.41) is 11.2. The molecule has 2 aromatic carbocycles. The summed E-state index contributed by atoms with van der Waals surface area (Å²) in [5.74, 6) is -0.619. The second-order valence-electron chi connectivity index (χ2n) is 4.58. The van der Waals surface area contributed by atoms with Gasteiger partial charge in [0, 0.05) is 5.56 Å². The van der Waals surface area contributed by atoms with E-state index in [4.69, 9.17) is 5.73 Å². The third-order valence-corrected chi connectivity index (χ3v) is 3.13. The first-order valence-corrected chi connectivity index (χ1v) is 6.16. The lowest BCUT2D eigenvalue weighted by atomic mass is 10.1. The van der Waals surface area contributed by atoms with Gasteiger partial charge in [0.15, 0.2) is 5.82 Å².